The van der Waals surface area contributed by atoms with Crippen molar-refractivity contribution in [3.63, 3.8) is 0 Å². The average Bonchev–Trinajstić information content (AvgIpc) is 2.64. The van der Waals surface area contributed by atoms with Crippen LogP contribution in [-0.4, -0.2) is 9.78 Å². The molecule has 2 N–H and O–H groups in total. The van der Waals surface area contributed by atoms with E-state index in [4.69, 9.17) is 10.5 Å². The van der Waals surface area contributed by atoms with E-state index in [0.717, 1.165) is 15.7 Å². The number of aryl methyl sites for hydroxylation is 1. The zero-order chi connectivity index (χ0) is 14.0. The highest BCUT2D eigenvalue weighted by Crippen LogP contribution is 2.28. The van der Waals surface area contributed by atoms with Crippen LogP contribution in [0, 0.1) is 6.92 Å². The average molecular weight is 324 g/mol. The van der Waals surface area contributed by atoms with E-state index < -0.39 is 0 Å². The van der Waals surface area contributed by atoms with E-state index in [2.05, 4.69) is 34.9 Å². The molecule has 0 saturated heterocycles. The smallest absolute Gasteiger partial charge is 0.236 e. The normalized spacial score (nSPS) is 11.0. The van der Waals surface area contributed by atoms with Gasteiger partial charge in [-0.1, -0.05) is 28.1 Å². The minimum atomic E-state index is 0.216. The van der Waals surface area contributed by atoms with Crippen molar-refractivity contribution in [1.82, 2.24) is 9.78 Å². The molecule has 1 heterocycles. The fourth-order valence-corrected chi connectivity index (χ4v) is 2.26. The number of hydrogen-bond donors (Lipinski definition) is 1. The summed E-state index contributed by atoms with van der Waals surface area (Å²) in [6.07, 6.45) is 0. The first-order valence-electron chi connectivity index (χ1n) is 6.21. The number of ether oxygens (including phenoxy) is 1. The van der Waals surface area contributed by atoms with Gasteiger partial charge < -0.3 is 10.5 Å². The quantitative estimate of drug-likeness (QED) is 0.933. The van der Waals surface area contributed by atoms with Crippen LogP contribution in [0.15, 0.2) is 28.7 Å². The van der Waals surface area contributed by atoms with E-state index in [1.807, 2.05) is 35.9 Å². The number of aromatic nitrogens is 2. The largest absolute Gasteiger partial charge is 0.471 e. The predicted octanol–water partition coefficient (Wildman–Crippen LogP) is 3.70. The van der Waals surface area contributed by atoms with Crippen molar-refractivity contribution < 1.29 is 4.74 Å². The van der Waals surface area contributed by atoms with Crippen molar-refractivity contribution in [2.24, 2.45) is 0 Å². The van der Waals surface area contributed by atoms with Crippen LogP contribution >= 0.6 is 15.9 Å². The molecule has 0 bridgehead atoms. The first-order chi connectivity index (χ1) is 8.99. The van der Waals surface area contributed by atoms with Crippen molar-refractivity contribution in [2.45, 2.75) is 33.4 Å². The number of hydrogen-bond acceptors (Lipinski definition) is 3. The summed E-state index contributed by atoms with van der Waals surface area (Å²) in [6.45, 7) is 6.47. The summed E-state index contributed by atoms with van der Waals surface area (Å²) < 4.78 is 8.70. The lowest BCUT2D eigenvalue weighted by atomic mass is 10.2. The van der Waals surface area contributed by atoms with Crippen LogP contribution in [-0.2, 0) is 6.61 Å². The molecule has 1 aromatic carbocycles. The van der Waals surface area contributed by atoms with E-state index in [0.29, 0.717) is 18.2 Å². The molecule has 4 nitrogen and oxygen atoms in total. The second-order valence-electron chi connectivity index (χ2n) is 4.76. The number of nitrogens with zero attached hydrogens (tertiary/aromatic N) is 2. The first kappa shape index (κ1) is 13.9. The molecule has 0 saturated carbocycles. The Morgan fingerprint density at radius 1 is 1.42 bits per heavy atom. The van der Waals surface area contributed by atoms with Crippen molar-refractivity contribution in [3.05, 3.63) is 40.0 Å². The summed E-state index contributed by atoms with van der Waals surface area (Å²) in [5, 5.41) is 4.40. The van der Waals surface area contributed by atoms with Gasteiger partial charge in [0.05, 0.1) is 11.7 Å². The van der Waals surface area contributed by atoms with Gasteiger partial charge in [0.25, 0.3) is 0 Å². The van der Waals surface area contributed by atoms with Crippen LogP contribution in [0.3, 0.4) is 0 Å². The first-order valence-corrected chi connectivity index (χ1v) is 7.00. The Morgan fingerprint density at radius 2 is 2.16 bits per heavy atom. The molecule has 0 aliphatic heterocycles. The van der Waals surface area contributed by atoms with Crippen LogP contribution in [0.25, 0.3) is 0 Å². The lowest BCUT2D eigenvalue weighted by Crippen LogP contribution is -2.08. The van der Waals surface area contributed by atoms with Gasteiger partial charge in [-0.25, -0.2) is 4.68 Å². The maximum atomic E-state index is 6.02. The molecule has 0 atom stereocenters. The fourth-order valence-electron chi connectivity index (χ4n) is 1.81. The van der Waals surface area contributed by atoms with Crippen LogP contribution in [0.2, 0.25) is 0 Å². The summed E-state index contributed by atoms with van der Waals surface area (Å²) in [5.41, 5.74) is 8.52. The van der Waals surface area contributed by atoms with Crippen molar-refractivity contribution in [3.8, 4) is 5.88 Å². The summed E-state index contributed by atoms with van der Waals surface area (Å²) in [6, 6.07) is 8.23. The Hall–Kier alpha value is -1.49. The molecular weight excluding hydrogens is 306 g/mol. The molecule has 0 aliphatic carbocycles. The highest BCUT2D eigenvalue weighted by atomic mass is 79.9. The monoisotopic (exact) mass is 323 g/mol. The van der Waals surface area contributed by atoms with Gasteiger partial charge in [-0.15, -0.1) is 0 Å². The minimum Gasteiger partial charge on any atom is -0.471 e. The molecule has 0 unspecified atom stereocenters. The van der Waals surface area contributed by atoms with Gasteiger partial charge in [0.1, 0.15) is 12.3 Å². The van der Waals surface area contributed by atoms with Crippen LogP contribution in [0.5, 0.6) is 5.88 Å². The molecule has 0 amide bonds. The van der Waals surface area contributed by atoms with E-state index >= 15 is 0 Å². The predicted molar refractivity (Wildman–Crippen MR) is 80.2 cm³/mol. The number of halogens is 1. The van der Waals surface area contributed by atoms with Crippen LogP contribution < -0.4 is 10.5 Å². The van der Waals surface area contributed by atoms with Crippen LogP contribution in [0.4, 0.5) is 5.69 Å². The molecule has 0 aliphatic rings. The highest BCUT2D eigenvalue weighted by molar-refractivity contribution is 9.10. The summed E-state index contributed by atoms with van der Waals surface area (Å²) in [4.78, 5) is 0. The van der Waals surface area contributed by atoms with Gasteiger partial charge in [0.15, 0.2) is 0 Å². The Balaban J connectivity index is 2.19. The Morgan fingerprint density at radius 3 is 2.79 bits per heavy atom. The van der Waals surface area contributed by atoms with Gasteiger partial charge in [-0.05, 0) is 38.5 Å². The SMILES string of the molecule is Cc1nn(C(C)C)c(OCc2cccc(Br)c2)c1N. The number of rotatable bonds is 4. The molecule has 0 spiro atoms. The Bertz CT molecular complexity index is 578. The number of nitrogens with two attached hydrogens (primary N) is 1. The number of benzene rings is 1. The zero-order valence-electron chi connectivity index (χ0n) is 11.4. The van der Waals surface area contributed by atoms with Crippen molar-refractivity contribution >= 4 is 21.6 Å². The molecule has 5 heteroatoms. The van der Waals surface area contributed by atoms with Crippen molar-refractivity contribution in [1.29, 1.82) is 0 Å². The maximum absolute atomic E-state index is 6.02. The van der Waals surface area contributed by atoms with Gasteiger partial charge in [-0.3, -0.25) is 0 Å². The molecule has 0 radical (unpaired) electrons. The highest BCUT2D eigenvalue weighted by Gasteiger charge is 2.16. The van der Waals surface area contributed by atoms with E-state index in [1.54, 1.807) is 0 Å². The second kappa shape index (κ2) is 5.65. The lowest BCUT2D eigenvalue weighted by Gasteiger charge is -2.12. The minimum absolute atomic E-state index is 0.216. The lowest BCUT2D eigenvalue weighted by molar-refractivity contribution is 0.266. The second-order valence-corrected chi connectivity index (χ2v) is 5.68. The van der Waals surface area contributed by atoms with Crippen LogP contribution in [0.1, 0.15) is 31.1 Å². The summed E-state index contributed by atoms with van der Waals surface area (Å²) in [5.74, 6) is 0.646. The van der Waals surface area contributed by atoms with Gasteiger partial charge in [0, 0.05) is 4.47 Å². The molecule has 2 rings (SSSR count). The third kappa shape index (κ3) is 3.10. The molecule has 19 heavy (non-hydrogen) atoms. The topological polar surface area (TPSA) is 53.1 Å². The summed E-state index contributed by atoms with van der Waals surface area (Å²) >= 11 is 3.45. The van der Waals surface area contributed by atoms with E-state index in [-0.39, 0.29) is 6.04 Å². The molecule has 2 aromatic rings. The summed E-state index contributed by atoms with van der Waals surface area (Å²) in [7, 11) is 0. The maximum Gasteiger partial charge on any atom is 0.236 e. The van der Waals surface area contributed by atoms with Crippen molar-refractivity contribution in [2.75, 3.05) is 5.73 Å². The Kier molecular flexibility index (Phi) is 4.14. The standard InChI is InChI=1S/C14H18BrN3O/c1-9(2)18-14(13(16)10(3)17-18)19-8-11-5-4-6-12(15)7-11/h4-7,9H,8,16H2,1-3H3. The number of nitrogen functional groups attached to an aromatic ring is 1. The fraction of sp³-hybridized carbons (Fsp3) is 0.357. The van der Waals surface area contributed by atoms with E-state index in [1.165, 1.54) is 0 Å². The van der Waals surface area contributed by atoms with Gasteiger partial charge in [0.2, 0.25) is 5.88 Å². The third-order valence-corrected chi connectivity index (χ3v) is 3.33. The van der Waals surface area contributed by atoms with E-state index in [9.17, 15) is 0 Å². The van der Waals surface area contributed by atoms with Gasteiger partial charge in [-0.2, -0.15) is 5.10 Å². The molecular formula is C14H18BrN3O. The molecule has 1 aromatic heterocycles. The Labute approximate surface area is 121 Å². The zero-order valence-corrected chi connectivity index (χ0v) is 12.9. The third-order valence-electron chi connectivity index (χ3n) is 2.84. The molecule has 0 fully saturated rings. The van der Waals surface area contributed by atoms with Gasteiger partial charge >= 0.3 is 0 Å². The number of anilines is 1. The molecule has 102 valence electrons.